The smallest absolute Gasteiger partial charge is 0.410 e. The fourth-order valence-electron chi connectivity index (χ4n) is 3.86. The van der Waals surface area contributed by atoms with Crippen LogP contribution in [0.4, 0.5) is 4.79 Å². The molecule has 33 heavy (non-hydrogen) atoms. The first kappa shape index (κ1) is 25.1. The van der Waals surface area contributed by atoms with Crippen LogP contribution in [0, 0.1) is 13.8 Å². The van der Waals surface area contributed by atoms with Crippen molar-refractivity contribution >= 4 is 23.6 Å². The number of hydrogen-bond donors (Lipinski definition) is 1. The lowest BCUT2D eigenvalue weighted by atomic mass is 10.1. The van der Waals surface area contributed by atoms with Gasteiger partial charge in [-0.15, -0.1) is 0 Å². The Morgan fingerprint density at radius 3 is 2.42 bits per heavy atom. The first-order chi connectivity index (χ1) is 15.5. The van der Waals surface area contributed by atoms with Crippen molar-refractivity contribution in [3.8, 4) is 0 Å². The van der Waals surface area contributed by atoms with Crippen LogP contribution in [0.2, 0.25) is 5.02 Å². The minimum absolute atomic E-state index is 0.122. The van der Waals surface area contributed by atoms with Gasteiger partial charge in [-0.3, -0.25) is 14.4 Å². The zero-order chi connectivity index (χ0) is 24.2. The second-order valence-corrected chi connectivity index (χ2v) is 9.77. The largest absolute Gasteiger partial charge is 0.444 e. The van der Waals surface area contributed by atoms with Crippen molar-refractivity contribution in [3.05, 3.63) is 51.8 Å². The number of halogens is 1. The van der Waals surface area contributed by atoms with Crippen molar-refractivity contribution in [1.82, 2.24) is 24.9 Å². The normalized spacial score (nSPS) is 14.9. The number of benzene rings is 1. The minimum atomic E-state index is -0.490. The summed E-state index contributed by atoms with van der Waals surface area (Å²) in [4.78, 5) is 29.0. The molecule has 2 aromatic rings. The fourth-order valence-corrected chi connectivity index (χ4v) is 4.06. The third-order valence-electron chi connectivity index (χ3n) is 5.62. The molecular formula is C24H34ClN5O3. The van der Waals surface area contributed by atoms with Crippen LogP contribution >= 0.6 is 11.6 Å². The molecule has 0 unspecified atom stereocenters. The molecule has 8 nitrogen and oxygen atoms in total. The summed E-state index contributed by atoms with van der Waals surface area (Å²) >= 11 is 6.28. The number of nitrogens with zero attached hydrogens (tertiary/aromatic N) is 4. The van der Waals surface area contributed by atoms with Crippen LogP contribution in [0.3, 0.4) is 0 Å². The number of aryl methyl sites for hydroxylation is 1. The molecular weight excluding hydrogens is 442 g/mol. The molecule has 1 N–H and O–H groups in total. The Hall–Kier alpha value is -2.58. The number of hydrogen-bond acceptors (Lipinski definition) is 5. The van der Waals surface area contributed by atoms with Crippen LogP contribution in [0.1, 0.15) is 48.1 Å². The van der Waals surface area contributed by atoms with Crippen molar-refractivity contribution in [2.45, 2.75) is 46.8 Å². The van der Waals surface area contributed by atoms with Crippen LogP contribution in [-0.4, -0.2) is 76.5 Å². The zero-order valence-electron chi connectivity index (χ0n) is 20.2. The van der Waals surface area contributed by atoms with E-state index in [1.54, 1.807) is 4.90 Å². The van der Waals surface area contributed by atoms with Gasteiger partial charge in [-0.2, -0.15) is 5.10 Å². The maximum Gasteiger partial charge on any atom is 0.410 e. The van der Waals surface area contributed by atoms with Crippen molar-refractivity contribution in [1.29, 1.82) is 0 Å². The van der Waals surface area contributed by atoms with Gasteiger partial charge in [0, 0.05) is 50.0 Å². The van der Waals surface area contributed by atoms with Gasteiger partial charge in [0.15, 0.2) is 0 Å². The van der Waals surface area contributed by atoms with Crippen molar-refractivity contribution < 1.29 is 14.3 Å². The molecule has 180 valence electrons. The zero-order valence-corrected chi connectivity index (χ0v) is 20.9. The molecule has 3 rings (SSSR count). The maximum atomic E-state index is 12.9. The summed E-state index contributed by atoms with van der Waals surface area (Å²) < 4.78 is 7.26. The Labute approximate surface area is 200 Å². The Morgan fingerprint density at radius 2 is 1.79 bits per heavy atom. The van der Waals surface area contributed by atoms with Gasteiger partial charge >= 0.3 is 6.09 Å². The number of ether oxygens (including phenoxy) is 1. The van der Waals surface area contributed by atoms with Gasteiger partial charge in [0.1, 0.15) is 5.60 Å². The minimum Gasteiger partial charge on any atom is -0.444 e. The molecule has 0 atom stereocenters. The average Bonchev–Trinajstić information content (AvgIpc) is 3.02. The molecule has 1 saturated heterocycles. The predicted octanol–water partition coefficient (Wildman–Crippen LogP) is 3.48. The second kappa shape index (κ2) is 10.6. The molecule has 9 heteroatoms. The highest BCUT2D eigenvalue weighted by Gasteiger charge is 2.26. The number of piperazine rings is 1. The average molecular weight is 476 g/mol. The van der Waals surface area contributed by atoms with Crippen LogP contribution in [0.15, 0.2) is 24.3 Å². The Morgan fingerprint density at radius 1 is 1.12 bits per heavy atom. The first-order valence-electron chi connectivity index (χ1n) is 11.3. The van der Waals surface area contributed by atoms with Gasteiger partial charge in [0.05, 0.1) is 17.8 Å². The summed E-state index contributed by atoms with van der Waals surface area (Å²) in [6.07, 6.45) is -0.268. The van der Waals surface area contributed by atoms with Crippen molar-refractivity contribution in [2.24, 2.45) is 0 Å². The lowest BCUT2D eigenvalue weighted by Crippen LogP contribution is -2.51. The highest BCUT2D eigenvalue weighted by atomic mass is 35.5. The second-order valence-electron chi connectivity index (χ2n) is 9.36. The van der Waals surface area contributed by atoms with Crippen LogP contribution in [-0.2, 0) is 11.3 Å². The number of amides is 2. The van der Waals surface area contributed by atoms with E-state index in [0.29, 0.717) is 42.5 Å². The summed E-state index contributed by atoms with van der Waals surface area (Å²) in [5.74, 6) is -0.122. The molecule has 0 spiro atoms. The summed E-state index contributed by atoms with van der Waals surface area (Å²) in [5.41, 5.74) is 2.59. The third-order valence-corrected chi connectivity index (χ3v) is 5.99. The van der Waals surface area contributed by atoms with E-state index in [-0.39, 0.29) is 12.0 Å². The number of carbonyl (C=O) groups is 2. The summed E-state index contributed by atoms with van der Waals surface area (Å²) in [6, 6.07) is 7.64. The molecule has 0 saturated carbocycles. The summed E-state index contributed by atoms with van der Waals surface area (Å²) in [5, 5.41) is 8.25. The number of nitrogens with one attached hydrogen (secondary N) is 1. The van der Waals surface area contributed by atoms with E-state index < -0.39 is 5.60 Å². The highest BCUT2D eigenvalue weighted by Crippen LogP contribution is 2.19. The Bertz CT molecular complexity index is 990. The van der Waals surface area contributed by atoms with Gasteiger partial charge in [-0.25, -0.2) is 4.79 Å². The molecule has 0 radical (unpaired) electrons. The Balaban J connectivity index is 1.48. The van der Waals surface area contributed by atoms with Crippen LogP contribution in [0.25, 0.3) is 0 Å². The van der Waals surface area contributed by atoms with Crippen LogP contribution in [0.5, 0.6) is 0 Å². The van der Waals surface area contributed by atoms with Gasteiger partial charge in [0.25, 0.3) is 5.91 Å². The summed E-state index contributed by atoms with van der Waals surface area (Å²) in [7, 11) is 0. The van der Waals surface area contributed by atoms with Gasteiger partial charge < -0.3 is 15.0 Å². The van der Waals surface area contributed by atoms with Gasteiger partial charge in [-0.1, -0.05) is 29.8 Å². The molecule has 2 amide bonds. The molecule has 2 heterocycles. The van der Waals surface area contributed by atoms with Crippen LogP contribution < -0.4 is 5.32 Å². The molecule has 0 aliphatic carbocycles. The lowest BCUT2D eigenvalue weighted by molar-refractivity contribution is 0.0147. The summed E-state index contributed by atoms with van der Waals surface area (Å²) in [6.45, 7) is 13.9. The van der Waals surface area contributed by atoms with E-state index in [1.807, 2.05) is 63.6 Å². The first-order valence-corrected chi connectivity index (χ1v) is 11.7. The van der Waals surface area contributed by atoms with Gasteiger partial charge in [-0.05, 0) is 46.2 Å². The molecule has 1 aromatic carbocycles. The van der Waals surface area contributed by atoms with E-state index in [2.05, 4.69) is 15.3 Å². The Kier molecular flexibility index (Phi) is 8.02. The highest BCUT2D eigenvalue weighted by molar-refractivity contribution is 6.31. The van der Waals surface area contributed by atoms with E-state index in [1.165, 1.54) is 0 Å². The maximum absolute atomic E-state index is 12.9. The molecule has 1 aliphatic heterocycles. The molecule has 1 fully saturated rings. The predicted molar refractivity (Wildman–Crippen MR) is 129 cm³/mol. The van der Waals surface area contributed by atoms with Crippen molar-refractivity contribution in [2.75, 3.05) is 39.3 Å². The third kappa shape index (κ3) is 6.71. The monoisotopic (exact) mass is 475 g/mol. The number of rotatable bonds is 6. The van der Waals surface area contributed by atoms with E-state index >= 15 is 0 Å². The SMILES string of the molecule is Cc1nn(Cc2ccccc2Cl)c(C)c1C(=O)NCCN1CCN(C(=O)OC(C)(C)C)CC1. The standard InChI is InChI=1S/C24H34ClN5O3/c1-17-21(18(2)30(27-17)16-19-8-6-7-9-20(19)25)22(31)26-10-11-28-12-14-29(15-13-28)23(32)33-24(3,4)5/h6-9H,10-16H2,1-5H3,(H,26,31). The molecule has 0 bridgehead atoms. The number of carbonyl (C=O) groups excluding carboxylic acids is 2. The topological polar surface area (TPSA) is 79.7 Å². The fraction of sp³-hybridized carbons (Fsp3) is 0.542. The lowest BCUT2D eigenvalue weighted by Gasteiger charge is -2.35. The molecule has 1 aromatic heterocycles. The van der Waals surface area contributed by atoms with E-state index in [4.69, 9.17) is 16.3 Å². The van der Waals surface area contributed by atoms with Crippen molar-refractivity contribution in [3.63, 3.8) is 0 Å². The van der Waals surface area contributed by atoms with Gasteiger partial charge in [0.2, 0.25) is 0 Å². The number of aromatic nitrogens is 2. The molecule has 1 aliphatic rings. The van der Waals surface area contributed by atoms with E-state index in [0.717, 1.165) is 30.9 Å². The van der Waals surface area contributed by atoms with E-state index in [9.17, 15) is 9.59 Å². The quantitative estimate of drug-likeness (QED) is 0.691.